The highest BCUT2D eigenvalue weighted by molar-refractivity contribution is 6.34. The van der Waals surface area contributed by atoms with Gasteiger partial charge in [0, 0.05) is 0 Å². The van der Waals surface area contributed by atoms with E-state index >= 15 is 0 Å². The van der Waals surface area contributed by atoms with Crippen molar-refractivity contribution in [3.8, 4) is 0 Å². The van der Waals surface area contributed by atoms with Gasteiger partial charge in [0.05, 0.1) is 16.3 Å². The van der Waals surface area contributed by atoms with Crippen LogP contribution < -0.4 is 11.1 Å². The molecular weight excluding hydrogens is 309 g/mol. The molecule has 1 aromatic carbocycles. The second-order valence-corrected chi connectivity index (χ2v) is 4.36. The number of rotatable bonds is 2. The number of para-hydroxylation sites is 1. The SMILES string of the molecule is Nc1ccc(C(=O)Nc2c(Cl)cccc2C(F)(F)F)nn1. The predicted octanol–water partition coefficient (Wildman–Crippen LogP) is 2.98. The summed E-state index contributed by atoms with van der Waals surface area (Å²) < 4.78 is 38.6. The topological polar surface area (TPSA) is 80.9 Å². The van der Waals surface area contributed by atoms with Crippen molar-refractivity contribution in [3.05, 3.63) is 46.6 Å². The molecule has 0 aliphatic heterocycles. The zero-order valence-electron chi connectivity index (χ0n) is 10.3. The summed E-state index contributed by atoms with van der Waals surface area (Å²) in [6.07, 6.45) is -4.65. The lowest BCUT2D eigenvalue weighted by atomic mass is 10.1. The van der Waals surface area contributed by atoms with Crippen LogP contribution in [0.4, 0.5) is 24.7 Å². The Labute approximate surface area is 121 Å². The van der Waals surface area contributed by atoms with Crippen LogP contribution in [-0.4, -0.2) is 16.1 Å². The van der Waals surface area contributed by atoms with E-state index in [1.54, 1.807) is 0 Å². The van der Waals surface area contributed by atoms with Gasteiger partial charge >= 0.3 is 6.18 Å². The Morgan fingerprint density at radius 2 is 1.90 bits per heavy atom. The number of amides is 1. The fraction of sp³-hybridized carbons (Fsp3) is 0.0833. The molecule has 5 nitrogen and oxygen atoms in total. The Kier molecular flexibility index (Phi) is 3.99. The van der Waals surface area contributed by atoms with E-state index in [0.29, 0.717) is 0 Å². The summed E-state index contributed by atoms with van der Waals surface area (Å²) in [6, 6.07) is 5.74. The Hall–Kier alpha value is -2.35. The fourth-order valence-electron chi connectivity index (χ4n) is 1.53. The number of nitrogen functional groups attached to an aromatic ring is 1. The van der Waals surface area contributed by atoms with Crippen LogP contribution in [0.5, 0.6) is 0 Å². The monoisotopic (exact) mass is 316 g/mol. The Morgan fingerprint density at radius 3 is 2.48 bits per heavy atom. The summed E-state index contributed by atoms with van der Waals surface area (Å²) in [5, 5.41) is 8.78. The Bertz CT molecular complexity index is 673. The second kappa shape index (κ2) is 5.57. The number of carbonyl (C=O) groups excluding carboxylic acids is 1. The number of nitrogens with one attached hydrogen (secondary N) is 1. The molecule has 0 saturated heterocycles. The smallest absolute Gasteiger partial charge is 0.382 e. The molecule has 3 N–H and O–H groups in total. The standard InChI is InChI=1S/C12H8ClF3N4O/c13-7-3-1-2-6(12(14,15)16)10(7)18-11(21)8-4-5-9(17)20-19-8/h1-5H,(H2,17,20)(H,18,21). The van der Waals surface area contributed by atoms with E-state index in [1.165, 1.54) is 18.2 Å². The fourth-order valence-corrected chi connectivity index (χ4v) is 1.75. The predicted molar refractivity (Wildman–Crippen MR) is 70.9 cm³/mol. The minimum Gasteiger partial charge on any atom is -0.382 e. The van der Waals surface area contributed by atoms with Crippen molar-refractivity contribution in [2.75, 3.05) is 11.1 Å². The van der Waals surface area contributed by atoms with Crippen LogP contribution >= 0.6 is 11.6 Å². The quantitative estimate of drug-likeness (QED) is 0.892. The van der Waals surface area contributed by atoms with Crippen LogP contribution in [0.1, 0.15) is 16.1 Å². The van der Waals surface area contributed by atoms with Gasteiger partial charge in [-0.2, -0.15) is 13.2 Å². The first-order valence-electron chi connectivity index (χ1n) is 5.55. The van der Waals surface area contributed by atoms with E-state index in [2.05, 4.69) is 15.5 Å². The van der Waals surface area contributed by atoms with E-state index < -0.39 is 23.3 Å². The molecule has 21 heavy (non-hydrogen) atoms. The van der Waals surface area contributed by atoms with Gasteiger partial charge in [-0.25, -0.2) is 0 Å². The molecule has 0 atom stereocenters. The van der Waals surface area contributed by atoms with Gasteiger partial charge in [0.25, 0.3) is 5.91 Å². The van der Waals surface area contributed by atoms with Crippen LogP contribution in [0.15, 0.2) is 30.3 Å². The average molecular weight is 317 g/mol. The number of hydrogen-bond acceptors (Lipinski definition) is 4. The van der Waals surface area contributed by atoms with Gasteiger partial charge in [-0.05, 0) is 24.3 Å². The molecule has 2 aromatic rings. The highest BCUT2D eigenvalue weighted by atomic mass is 35.5. The summed E-state index contributed by atoms with van der Waals surface area (Å²) in [6.45, 7) is 0. The Morgan fingerprint density at radius 1 is 1.19 bits per heavy atom. The molecule has 0 spiro atoms. The van der Waals surface area contributed by atoms with Crippen LogP contribution in [0, 0.1) is 0 Å². The summed E-state index contributed by atoms with van der Waals surface area (Å²) in [4.78, 5) is 11.9. The molecular formula is C12H8ClF3N4O. The van der Waals surface area contributed by atoms with E-state index in [-0.39, 0.29) is 16.5 Å². The molecule has 0 radical (unpaired) electrons. The number of anilines is 2. The summed E-state index contributed by atoms with van der Waals surface area (Å²) >= 11 is 5.72. The summed E-state index contributed by atoms with van der Waals surface area (Å²) in [5.41, 5.74) is 3.54. The average Bonchev–Trinajstić information content (AvgIpc) is 2.40. The van der Waals surface area contributed by atoms with Crippen LogP contribution in [0.2, 0.25) is 5.02 Å². The van der Waals surface area contributed by atoms with Crippen molar-refractivity contribution in [1.82, 2.24) is 10.2 Å². The summed E-state index contributed by atoms with van der Waals surface area (Å²) in [5.74, 6) is -0.790. The first kappa shape index (κ1) is 15.0. The van der Waals surface area contributed by atoms with E-state index in [4.69, 9.17) is 17.3 Å². The lowest BCUT2D eigenvalue weighted by Gasteiger charge is -2.14. The molecule has 1 aromatic heterocycles. The van der Waals surface area contributed by atoms with Crippen molar-refractivity contribution in [3.63, 3.8) is 0 Å². The molecule has 9 heteroatoms. The van der Waals surface area contributed by atoms with Gasteiger partial charge in [0.15, 0.2) is 5.69 Å². The largest absolute Gasteiger partial charge is 0.418 e. The number of halogens is 4. The number of nitrogens with zero attached hydrogens (tertiary/aromatic N) is 2. The zero-order chi connectivity index (χ0) is 15.6. The molecule has 0 saturated carbocycles. The van der Waals surface area contributed by atoms with E-state index in [0.717, 1.165) is 12.1 Å². The number of nitrogens with two attached hydrogens (primary N) is 1. The molecule has 0 aliphatic rings. The lowest BCUT2D eigenvalue weighted by molar-refractivity contribution is -0.136. The van der Waals surface area contributed by atoms with Crippen LogP contribution in [0.25, 0.3) is 0 Å². The van der Waals surface area contributed by atoms with Crippen LogP contribution in [0.3, 0.4) is 0 Å². The highest BCUT2D eigenvalue weighted by Crippen LogP contribution is 2.38. The number of hydrogen-bond donors (Lipinski definition) is 2. The molecule has 2 rings (SSSR count). The van der Waals surface area contributed by atoms with Crippen molar-refractivity contribution in [1.29, 1.82) is 0 Å². The van der Waals surface area contributed by atoms with Crippen molar-refractivity contribution >= 4 is 29.0 Å². The number of aromatic nitrogens is 2. The molecule has 0 aliphatic carbocycles. The van der Waals surface area contributed by atoms with Gasteiger partial charge in [0.1, 0.15) is 5.82 Å². The Balaban J connectivity index is 2.35. The molecule has 110 valence electrons. The number of alkyl halides is 3. The van der Waals surface area contributed by atoms with Crippen molar-refractivity contribution in [2.24, 2.45) is 0 Å². The third kappa shape index (κ3) is 3.40. The third-order valence-electron chi connectivity index (χ3n) is 2.48. The summed E-state index contributed by atoms with van der Waals surface area (Å²) in [7, 11) is 0. The molecule has 0 bridgehead atoms. The molecule has 1 amide bonds. The molecule has 1 heterocycles. The maximum Gasteiger partial charge on any atom is 0.418 e. The number of benzene rings is 1. The van der Waals surface area contributed by atoms with Gasteiger partial charge in [-0.3, -0.25) is 4.79 Å². The first-order valence-corrected chi connectivity index (χ1v) is 5.93. The number of carbonyl (C=O) groups is 1. The van der Waals surface area contributed by atoms with Gasteiger partial charge in [-0.1, -0.05) is 17.7 Å². The normalized spacial score (nSPS) is 11.2. The first-order chi connectivity index (χ1) is 9.79. The highest BCUT2D eigenvalue weighted by Gasteiger charge is 2.35. The van der Waals surface area contributed by atoms with Gasteiger partial charge in [-0.15, -0.1) is 10.2 Å². The van der Waals surface area contributed by atoms with Crippen molar-refractivity contribution in [2.45, 2.75) is 6.18 Å². The maximum atomic E-state index is 12.9. The van der Waals surface area contributed by atoms with Crippen LogP contribution in [-0.2, 0) is 6.18 Å². The third-order valence-corrected chi connectivity index (χ3v) is 2.79. The minimum absolute atomic E-state index is 0.0836. The van der Waals surface area contributed by atoms with E-state index in [9.17, 15) is 18.0 Å². The lowest BCUT2D eigenvalue weighted by Crippen LogP contribution is -2.18. The molecule has 0 fully saturated rings. The minimum atomic E-state index is -4.65. The van der Waals surface area contributed by atoms with Gasteiger partial charge in [0.2, 0.25) is 0 Å². The second-order valence-electron chi connectivity index (χ2n) is 3.96. The molecule has 0 unspecified atom stereocenters. The van der Waals surface area contributed by atoms with Crippen molar-refractivity contribution < 1.29 is 18.0 Å². The maximum absolute atomic E-state index is 12.9. The van der Waals surface area contributed by atoms with Gasteiger partial charge < -0.3 is 11.1 Å². The zero-order valence-corrected chi connectivity index (χ0v) is 11.0. The van der Waals surface area contributed by atoms with E-state index in [1.807, 2.05) is 0 Å².